The zero-order valence-corrected chi connectivity index (χ0v) is 18.7. The van der Waals surface area contributed by atoms with E-state index >= 15 is 0 Å². The lowest BCUT2D eigenvalue weighted by Crippen LogP contribution is -2.39. The number of Topliss-reactive ketones (excluding diaryl/α,β-unsaturated/α-hetero) is 1. The van der Waals surface area contributed by atoms with Gasteiger partial charge in [-0.1, -0.05) is 53.2 Å². The lowest BCUT2D eigenvalue weighted by atomic mass is 10.1. The molecule has 0 aliphatic carbocycles. The Morgan fingerprint density at radius 3 is 2.72 bits per heavy atom. The monoisotopic (exact) mass is 468 g/mol. The fourth-order valence-electron chi connectivity index (χ4n) is 3.59. The van der Waals surface area contributed by atoms with Crippen molar-refractivity contribution in [2.75, 3.05) is 16.4 Å². The maximum Gasteiger partial charge on any atom is 0.164 e. The molecule has 4 rings (SSSR count). The molecule has 2 heterocycles. The van der Waals surface area contributed by atoms with Gasteiger partial charge in [0.15, 0.2) is 20.8 Å². The number of carbonyl (C=O) groups excluding carboxylic acids is 1. The summed E-state index contributed by atoms with van der Waals surface area (Å²) in [6, 6.07) is 12.0. The molecule has 2 atom stereocenters. The predicted octanol–water partition coefficient (Wildman–Crippen LogP) is 4.47. The van der Waals surface area contributed by atoms with Crippen LogP contribution in [0, 0.1) is 0 Å². The van der Waals surface area contributed by atoms with Crippen LogP contribution in [0.2, 0.25) is 10.0 Å². The molecule has 0 N–H and O–H groups in total. The largest absolute Gasteiger partial charge is 0.315 e. The second kappa shape index (κ2) is 7.95. The second-order valence-corrected chi connectivity index (χ2v) is 11.1. The van der Waals surface area contributed by atoms with Gasteiger partial charge in [0, 0.05) is 27.0 Å². The van der Waals surface area contributed by atoms with Crippen molar-refractivity contribution in [1.29, 1.82) is 0 Å². The van der Waals surface area contributed by atoms with Crippen molar-refractivity contribution in [1.82, 2.24) is 0 Å². The number of halogens is 2. The number of thioether (sulfide) groups is 1. The van der Waals surface area contributed by atoms with Gasteiger partial charge in [0.1, 0.15) is 0 Å². The van der Waals surface area contributed by atoms with Crippen molar-refractivity contribution in [2.24, 2.45) is 4.99 Å². The molecule has 1 fully saturated rings. The van der Waals surface area contributed by atoms with Crippen LogP contribution < -0.4 is 4.90 Å². The number of anilines is 1. The molecule has 0 amide bonds. The first kappa shape index (κ1) is 20.7. The number of carbonyl (C=O) groups is 1. The molecule has 9 heteroatoms. The van der Waals surface area contributed by atoms with Crippen LogP contribution in [0.1, 0.15) is 22.8 Å². The molecule has 2 aliphatic heterocycles. The van der Waals surface area contributed by atoms with Crippen LogP contribution in [0.3, 0.4) is 0 Å². The summed E-state index contributed by atoms with van der Waals surface area (Å²) in [6.07, 6.45) is 0. The zero-order valence-electron chi connectivity index (χ0n) is 15.5. The number of benzene rings is 2. The number of rotatable bonds is 4. The molecule has 152 valence electrons. The van der Waals surface area contributed by atoms with Crippen molar-refractivity contribution in [3.8, 4) is 0 Å². The minimum Gasteiger partial charge on any atom is -0.315 e. The molecule has 2 aromatic carbocycles. The lowest BCUT2D eigenvalue weighted by molar-refractivity contribution is 0.101. The smallest absolute Gasteiger partial charge is 0.164 e. The van der Waals surface area contributed by atoms with Crippen LogP contribution in [-0.2, 0) is 15.6 Å². The van der Waals surface area contributed by atoms with Crippen LogP contribution in [0.4, 0.5) is 5.69 Å². The van der Waals surface area contributed by atoms with Crippen molar-refractivity contribution in [3.63, 3.8) is 0 Å². The minimum absolute atomic E-state index is 0.0410. The Hall–Kier alpha value is -1.54. The molecule has 0 saturated carbocycles. The van der Waals surface area contributed by atoms with E-state index in [9.17, 15) is 13.2 Å². The van der Waals surface area contributed by atoms with E-state index < -0.39 is 9.84 Å². The van der Waals surface area contributed by atoms with Crippen molar-refractivity contribution in [2.45, 2.75) is 24.8 Å². The highest BCUT2D eigenvalue weighted by Gasteiger charge is 2.47. The van der Waals surface area contributed by atoms with Crippen LogP contribution in [-0.4, -0.2) is 43.0 Å². The van der Waals surface area contributed by atoms with E-state index in [0.717, 1.165) is 16.4 Å². The van der Waals surface area contributed by atoms with Gasteiger partial charge in [-0.2, -0.15) is 0 Å². The van der Waals surface area contributed by atoms with Crippen molar-refractivity contribution >= 4 is 61.4 Å². The first-order valence-electron chi connectivity index (χ1n) is 8.99. The van der Waals surface area contributed by atoms with Crippen molar-refractivity contribution < 1.29 is 13.2 Å². The van der Waals surface area contributed by atoms with Crippen LogP contribution >= 0.6 is 35.0 Å². The minimum atomic E-state index is -3.14. The molecule has 5 nitrogen and oxygen atoms in total. The average molecular weight is 469 g/mol. The molecule has 2 aliphatic rings. The number of ketones is 1. The number of sulfone groups is 1. The molecule has 0 bridgehead atoms. The highest BCUT2D eigenvalue weighted by Crippen LogP contribution is 2.37. The van der Waals surface area contributed by atoms with Crippen molar-refractivity contribution in [3.05, 3.63) is 63.6 Å². The summed E-state index contributed by atoms with van der Waals surface area (Å²) in [5, 5.41) is 1.89. The number of fused-ring (bicyclic) bond motifs is 1. The fraction of sp³-hybridized carbons (Fsp3) is 0.300. The number of hydrogen-bond acceptors (Lipinski definition) is 6. The molecule has 0 spiro atoms. The predicted molar refractivity (Wildman–Crippen MR) is 120 cm³/mol. The quantitative estimate of drug-likeness (QED) is 0.619. The SMILES string of the molecule is CC(=O)c1cccc(N2C(SCc3ccc(Cl)cc3Cl)=N[C@@H]3CS(=O)(=O)C[C@@H]32)c1. The lowest BCUT2D eigenvalue weighted by Gasteiger charge is -2.27. The summed E-state index contributed by atoms with van der Waals surface area (Å²) in [7, 11) is -3.14. The summed E-state index contributed by atoms with van der Waals surface area (Å²) in [6.45, 7) is 1.51. The van der Waals surface area contributed by atoms with Gasteiger partial charge < -0.3 is 4.90 Å². The molecule has 1 saturated heterocycles. The second-order valence-electron chi connectivity index (χ2n) is 7.12. The Labute approximate surface area is 184 Å². The maximum atomic E-state index is 12.2. The van der Waals surface area contributed by atoms with Crippen LogP contribution in [0.25, 0.3) is 0 Å². The van der Waals surface area contributed by atoms with Gasteiger partial charge in [0.25, 0.3) is 0 Å². The Kier molecular flexibility index (Phi) is 5.68. The van der Waals surface area contributed by atoms with E-state index in [1.54, 1.807) is 30.3 Å². The zero-order chi connectivity index (χ0) is 20.8. The number of amidine groups is 1. The Bertz CT molecular complexity index is 1120. The van der Waals surface area contributed by atoms with E-state index in [2.05, 4.69) is 0 Å². The highest BCUT2D eigenvalue weighted by molar-refractivity contribution is 8.13. The standard InChI is InChI=1S/C20H18Cl2N2O3S2/c1-12(25)13-3-2-4-16(7-13)24-19-11-29(26,27)10-18(19)23-20(24)28-9-14-5-6-15(21)8-17(14)22/h2-8,18-19H,9-11H2,1H3/t18-,19+/m1/s1. The van der Waals surface area contributed by atoms with Gasteiger partial charge in [-0.05, 0) is 36.8 Å². The van der Waals surface area contributed by atoms with E-state index in [0.29, 0.717) is 21.4 Å². The van der Waals surface area contributed by atoms with Gasteiger partial charge in [-0.3, -0.25) is 9.79 Å². The molecule has 2 aromatic rings. The van der Waals surface area contributed by atoms with Gasteiger partial charge in [0.05, 0.1) is 23.6 Å². The molecular weight excluding hydrogens is 451 g/mol. The number of aliphatic imine (C=N–C) groups is 1. The van der Waals surface area contributed by atoms with E-state index in [-0.39, 0.29) is 29.4 Å². The molecule has 29 heavy (non-hydrogen) atoms. The summed E-state index contributed by atoms with van der Waals surface area (Å²) in [5.74, 6) is 0.633. The van der Waals surface area contributed by atoms with Crippen LogP contribution in [0.15, 0.2) is 47.5 Å². The third-order valence-electron chi connectivity index (χ3n) is 5.01. The summed E-state index contributed by atoms with van der Waals surface area (Å²) < 4.78 is 24.3. The summed E-state index contributed by atoms with van der Waals surface area (Å²) in [5.41, 5.74) is 2.28. The molecule has 0 radical (unpaired) electrons. The number of hydrogen-bond donors (Lipinski definition) is 0. The average Bonchev–Trinajstić information content (AvgIpc) is 3.12. The molecule has 0 unspecified atom stereocenters. The van der Waals surface area contributed by atoms with Gasteiger partial charge in [-0.15, -0.1) is 0 Å². The normalized spacial score (nSPS) is 22.4. The van der Waals surface area contributed by atoms with E-state index in [1.165, 1.54) is 18.7 Å². The first-order valence-corrected chi connectivity index (χ1v) is 12.5. The maximum absolute atomic E-state index is 12.2. The van der Waals surface area contributed by atoms with E-state index in [4.69, 9.17) is 28.2 Å². The summed E-state index contributed by atoms with van der Waals surface area (Å²) >= 11 is 13.8. The number of nitrogens with zero attached hydrogens (tertiary/aromatic N) is 2. The topological polar surface area (TPSA) is 66.8 Å². The van der Waals surface area contributed by atoms with Gasteiger partial charge in [-0.25, -0.2) is 8.42 Å². The van der Waals surface area contributed by atoms with Crippen LogP contribution in [0.5, 0.6) is 0 Å². The van der Waals surface area contributed by atoms with Gasteiger partial charge in [0.2, 0.25) is 0 Å². The Morgan fingerprint density at radius 1 is 1.21 bits per heavy atom. The Balaban J connectivity index is 1.65. The molecule has 0 aromatic heterocycles. The van der Waals surface area contributed by atoms with Gasteiger partial charge >= 0.3 is 0 Å². The molecular formula is C20H18Cl2N2O3S2. The third kappa shape index (κ3) is 4.33. The fourth-order valence-corrected chi connectivity index (χ4v) is 7.12. The first-order chi connectivity index (χ1) is 13.7. The Morgan fingerprint density at radius 2 is 2.00 bits per heavy atom. The van der Waals surface area contributed by atoms with E-state index in [1.807, 2.05) is 17.0 Å². The third-order valence-corrected chi connectivity index (χ3v) is 8.31. The highest BCUT2D eigenvalue weighted by atomic mass is 35.5. The summed E-state index contributed by atoms with van der Waals surface area (Å²) in [4.78, 5) is 18.5.